The SMILES string of the molecule is CC(C)CN1CC(C(=O)O)CN(C)CC1(C)C. The van der Waals surface area contributed by atoms with Crippen molar-refractivity contribution in [2.45, 2.75) is 33.2 Å². The number of aliphatic carboxylic acids is 1. The molecular weight excluding hydrogens is 216 g/mol. The zero-order valence-electron chi connectivity index (χ0n) is 11.7. The number of likely N-dealkylation sites (N-methyl/N-ethyl adjacent to an activating group) is 1. The fourth-order valence-electron chi connectivity index (χ4n) is 2.69. The number of hydrogen-bond acceptors (Lipinski definition) is 3. The Labute approximate surface area is 105 Å². The van der Waals surface area contributed by atoms with Gasteiger partial charge < -0.3 is 10.0 Å². The Bertz CT molecular complexity index is 277. The predicted molar refractivity (Wildman–Crippen MR) is 69.1 cm³/mol. The van der Waals surface area contributed by atoms with E-state index in [2.05, 4.69) is 37.5 Å². The van der Waals surface area contributed by atoms with Crippen LogP contribution in [0.2, 0.25) is 0 Å². The summed E-state index contributed by atoms with van der Waals surface area (Å²) in [6.45, 7) is 12.0. The normalized spacial score (nSPS) is 27.1. The van der Waals surface area contributed by atoms with Crippen molar-refractivity contribution in [1.82, 2.24) is 9.80 Å². The first-order valence-corrected chi connectivity index (χ1v) is 6.39. The first-order chi connectivity index (χ1) is 7.72. The molecule has 1 aliphatic heterocycles. The summed E-state index contributed by atoms with van der Waals surface area (Å²) < 4.78 is 0. The Morgan fingerprint density at radius 2 is 2.00 bits per heavy atom. The molecule has 0 aliphatic carbocycles. The second-order valence-electron chi connectivity index (χ2n) is 6.34. The maximum atomic E-state index is 11.2. The Balaban J connectivity index is 2.86. The number of carbonyl (C=O) groups is 1. The topological polar surface area (TPSA) is 43.8 Å². The van der Waals surface area contributed by atoms with Crippen LogP contribution in [0.25, 0.3) is 0 Å². The molecule has 0 saturated carbocycles. The third-order valence-electron chi connectivity index (χ3n) is 3.42. The van der Waals surface area contributed by atoms with Crippen molar-refractivity contribution in [3.05, 3.63) is 0 Å². The van der Waals surface area contributed by atoms with Gasteiger partial charge in [0.15, 0.2) is 0 Å². The number of carboxylic acid groups (broad SMARTS) is 1. The predicted octanol–water partition coefficient (Wildman–Crippen LogP) is 1.37. The van der Waals surface area contributed by atoms with Crippen molar-refractivity contribution >= 4 is 5.97 Å². The molecule has 1 N–H and O–H groups in total. The summed E-state index contributed by atoms with van der Waals surface area (Å²) in [7, 11) is 2.01. The van der Waals surface area contributed by atoms with Gasteiger partial charge in [0.05, 0.1) is 5.92 Å². The third kappa shape index (κ3) is 3.96. The van der Waals surface area contributed by atoms with E-state index in [-0.39, 0.29) is 11.5 Å². The van der Waals surface area contributed by atoms with Crippen LogP contribution in [0.1, 0.15) is 27.7 Å². The number of carboxylic acids is 1. The molecule has 1 heterocycles. The van der Waals surface area contributed by atoms with Gasteiger partial charge in [0.2, 0.25) is 0 Å². The maximum absolute atomic E-state index is 11.2. The van der Waals surface area contributed by atoms with E-state index in [4.69, 9.17) is 0 Å². The van der Waals surface area contributed by atoms with Crippen molar-refractivity contribution in [3.8, 4) is 0 Å². The molecule has 0 aromatic heterocycles. The molecule has 1 unspecified atom stereocenters. The molecule has 100 valence electrons. The van der Waals surface area contributed by atoms with Gasteiger partial charge in [-0.15, -0.1) is 0 Å². The molecule has 0 spiro atoms. The average molecular weight is 242 g/mol. The Morgan fingerprint density at radius 3 is 2.47 bits per heavy atom. The van der Waals surface area contributed by atoms with Gasteiger partial charge in [-0.25, -0.2) is 0 Å². The molecule has 0 aromatic rings. The zero-order valence-corrected chi connectivity index (χ0v) is 11.7. The molecule has 1 atom stereocenters. The quantitative estimate of drug-likeness (QED) is 0.812. The van der Waals surface area contributed by atoms with Gasteiger partial charge >= 0.3 is 5.97 Å². The number of hydrogen-bond donors (Lipinski definition) is 1. The van der Waals surface area contributed by atoms with Crippen LogP contribution in [0.15, 0.2) is 0 Å². The Hall–Kier alpha value is -0.610. The van der Waals surface area contributed by atoms with E-state index >= 15 is 0 Å². The molecule has 1 aliphatic rings. The molecule has 0 amide bonds. The van der Waals surface area contributed by atoms with Crippen molar-refractivity contribution in [1.29, 1.82) is 0 Å². The summed E-state index contributed by atoms with van der Waals surface area (Å²) in [5.74, 6) is -0.393. The lowest BCUT2D eigenvalue weighted by molar-refractivity contribution is -0.142. The lowest BCUT2D eigenvalue weighted by atomic mass is 10.00. The largest absolute Gasteiger partial charge is 0.481 e. The van der Waals surface area contributed by atoms with E-state index in [9.17, 15) is 9.90 Å². The van der Waals surface area contributed by atoms with Gasteiger partial charge in [-0.2, -0.15) is 0 Å². The van der Waals surface area contributed by atoms with Crippen molar-refractivity contribution in [2.24, 2.45) is 11.8 Å². The van der Waals surface area contributed by atoms with Crippen LogP contribution in [0.3, 0.4) is 0 Å². The van der Waals surface area contributed by atoms with Crippen molar-refractivity contribution < 1.29 is 9.90 Å². The Morgan fingerprint density at radius 1 is 1.41 bits per heavy atom. The van der Waals surface area contributed by atoms with Crippen LogP contribution in [-0.2, 0) is 4.79 Å². The van der Waals surface area contributed by atoms with Crippen molar-refractivity contribution in [2.75, 3.05) is 33.2 Å². The van der Waals surface area contributed by atoms with Crippen LogP contribution in [0, 0.1) is 11.8 Å². The summed E-state index contributed by atoms with van der Waals surface area (Å²) in [6.07, 6.45) is 0. The highest BCUT2D eigenvalue weighted by Crippen LogP contribution is 2.23. The molecule has 0 bridgehead atoms. The summed E-state index contributed by atoms with van der Waals surface area (Å²) in [4.78, 5) is 15.7. The lowest BCUT2D eigenvalue weighted by Crippen LogP contribution is -2.50. The molecule has 4 nitrogen and oxygen atoms in total. The van der Waals surface area contributed by atoms with Crippen LogP contribution in [0.5, 0.6) is 0 Å². The summed E-state index contributed by atoms with van der Waals surface area (Å²) in [6, 6.07) is 0. The van der Waals surface area contributed by atoms with E-state index in [1.807, 2.05) is 7.05 Å². The minimum atomic E-state index is -0.677. The monoisotopic (exact) mass is 242 g/mol. The molecule has 0 aromatic carbocycles. The highest BCUT2D eigenvalue weighted by Gasteiger charge is 2.36. The molecule has 1 fully saturated rings. The maximum Gasteiger partial charge on any atom is 0.309 e. The van der Waals surface area contributed by atoms with Crippen LogP contribution >= 0.6 is 0 Å². The molecular formula is C13H26N2O2. The van der Waals surface area contributed by atoms with Crippen LogP contribution < -0.4 is 0 Å². The third-order valence-corrected chi connectivity index (χ3v) is 3.42. The minimum Gasteiger partial charge on any atom is -0.481 e. The van der Waals surface area contributed by atoms with Crippen molar-refractivity contribution in [3.63, 3.8) is 0 Å². The minimum absolute atomic E-state index is 0.0449. The van der Waals surface area contributed by atoms with Crippen LogP contribution in [-0.4, -0.2) is 59.6 Å². The summed E-state index contributed by atoms with van der Waals surface area (Å²) in [5.41, 5.74) is 0.0449. The van der Waals surface area contributed by atoms with E-state index in [1.54, 1.807) is 0 Å². The first kappa shape index (κ1) is 14.5. The van der Waals surface area contributed by atoms with E-state index in [0.29, 0.717) is 19.0 Å². The summed E-state index contributed by atoms with van der Waals surface area (Å²) in [5, 5.41) is 9.25. The van der Waals surface area contributed by atoms with E-state index < -0.39 is 5.97 Å². The van der Waals surface area contributed by atoms with Crippen LogP contribution in [0.4, 0.5) is 0 Å². The van der Waals surface area contributed by atoms with Gasteiger partial charge in [0, 0.05) is 31.7 Å². The van der Waals surface area contributed by atoms with Gasteiger partial charge in [-0.1, -0.05) is 13.8 Å². The standard InChI is InChI=1S/C13H26N2O2/c1-10(2)6-15-8-11(12(16)17)7-14(5)9-13(15,3)4/h10-11H,6-9H2,1-5H3,(H,16,17). The number of rotatable bonds is 3. The van der Waals surface area contributed by atoms with E-state index in [0.717, 1.165) is 13.1 Å². The average Bonchev–Trinajstić information content (AvgIpc) is 2.22. The number of nitrogens with zero attached hydrogens (tertiary/aromatic N) is 2. The first-order valence-electron chi connectivity index (χ1n) is 6.39. The summed E-state index contributed by atoms with van der Waals surface area (Å²) >= 11 is 0. The highest BCUT2D eigenvalue weighted by molar-refractivity contribution is 5.70. The van der Waals surface area contributed by atoms with Gasteiger partial charge in [-0.05, 0) is 26.8 Å². The molecule has 1 rings (SSSR count). The molecule has 4 heteroatoms. The smallest absolute Gasteiger partial charge is 0.309 e. The second kappa shape index (κ2) is 5.36. The van der Waals surface area contributed by atoms with Gasteiger partial charge in [0.25, 0.3) is 0 Å². The Kier molecular flexibility index (Phi) is 4.55. The molecule has 1 saturated heterocycles. The van der Waals surface area contributed by atoms with Gasteiger partial charge in [0.1, 0.15) is 0 Å². The molecule has 0 radical (unpaired) electrons. The zero-order chi connectivity index (χ0) is 13.2. The fourth-order valence-corrected chi connectivity index (χ4v) is 2.69. The van der Waals surface area contributed by atoms with Gasteiger partial charge in [-0.3, -0.25) is 9.69 Å². The highest BCUT2D eigenvalue weighted by atomic mass is 16.4. The fraction of sp³-hybridized carbons (Fsp3) is 0.923. The van der Waals surface area contributed by atoms with E-state index in [1.165, 1.54) is 0 Å². The lowest BCUT2D eigenvalue weighted by Gasteiger charge is -2.39. The second-order valence-corrected chi connectivity index (χ2v) is 6.34. The molecule has 17 heavy (non-hydrogen) atoms.